The molecule has 0 unspecified atom stereocenters. The Hall–Kier alpha value is -3.59. The zero-order chi connectivity index (χ0) is 23.4. The molecule has 4 rings (SSSR count). The summed E-state index contributed by atoms with van der Waals surface area (Å²) < 4.78 is 8.89. The van der Waals surface area contributed by atoms with Crippen molar-refractivity contribution in [2.24, 2.45) is 14.1 Å². The van der Waals surface area contributed by atoms with E-state index < -0.39 is 0 Å². The van der Waals surface area contributed by atoms with Gasteiger partial charge < -0.3 is 19.2 Å². The van der Waals surface area contributed by atoms with Crippen molar-refractivity contribution < 1.29 is 14.3 Å². The van der Waals surface area contributed by atoms with Gasteiger partial charge in [0.05, 0.1) is 25.8 Å². The highest BCUT2D eigenvalue weighted by molar-refractivity contribution is 7.99. The predicted octanol–water partition coefficient (Wildman–Crippen LogP) is 3.15. The fraction of sp³-hybridized carbons (Fsp3) is 0.250. The summed E-state index contributed by atoms with van der Waals surface area (Å²) in [5.41, 5.74) is 2.63. The number of fused-ring (bicyclic) bond motifs is 1. The molecule has 0 spiro atoms. The van der Waals surface area contributed by atoms with Gasteiger partial charge >= 0.3 is 0 Å². The van der Waals surface area contributed by atoms with Gasteiger partial charge in [-0.2, -0.15) is 0 Å². The second-order valence-corrected chi connectivity index (χ2v) is 8.58. The Morgan fingerprint density at radius 2 is 1.82 bits per heavy atom. The van der Waals surface area contributed by atoms with Crippen molar-refractivity contribution in [3.8, 4) is 5.75 Å². The number of hydrogen-bond donors (Lipinski definition) is 1. The Morgan fingerprint density at radius 3 is 2.58 bits per heavy atom. The molecule has 0 bridgehead atoms. The van der Waals surface area contributed by atoms with Crippen molar-refractivity contribution in [3.05, 3.63) is 71.7 Å². The highest BCUT2D eigenvalue weighted by atomic mass is 32.2. The highest BCUT2D eigenvalue weighted by Gasteiger charge is 2.17. The molecule has 0 saturated carbocycles. The molecule has 0 atom stereocenters. The maximum Gasteiger partial charge on any atom is 0.224 e. The van der Waals surface area contributed by atoms with Crippen LogP contribution in [0, 0.1) is 0 Å². The third kappa shape index (κ3) is 5.09. The summed E-state index contributed by atoms with van der Waals surface area (Å²) in [6, 6.07) is 15.2. The lowest BCUT2D eigenvalue weighted by atomic mass is 10.1. The smallest absolute Gasteiger partial charge is 0.224 e. The van der Waals surface area contributed by atoms with Crippen molar-refractivity contribution in [2.75, 3.05) is 12.9 Å². The summed E-state index contributed by atoms with van der Waals surface area (Å²) in [4.78, 5) is 25.1. The van der Waals surface area contributed by atoms with E-state index in [4.69, 9.17) is 4.74 Å². The molecule has 170 valence electrons. The number of benzene rings is 2. The minimum atomic E-state index is -0.108. The van der Waals surface area contributed by atoms with Gasteiger partial charge in [-0.05, 0) is 23.8 Å². The Labute approximate surface area is 196 Å². The van der Waals surface area contributed by atoms with Gasteiger partial charge in [0.2, 0.25) is 5.91 Å². The number of aryl methyl sites for hydroxylation is 1. The van der Waals surface area contributed by atoms with Crippen LogP contribution >= 0.6 is 11.8 Å². The van der Waals surface area contributed by atoms with Crippen LogP contribution in [0.25, 0.3) is 10.9 Å². The molecular weight excluding hydrogens is 438 g/mol. The Kier molecular flexibility index (Phi) is 6.79. The van der Waals surface area contributed by atoms with Crippen LogP contribution in [0.5, 0.6) is 5.75 Å². The van der Waals surface area contributed by atoms with E-state index in [2.05, 4.69) is 15.5 Å². The lowest BCUT2D eigenvalue weighted by molar-refractivity contribution is -0.120. The van der Waals surface area contributed by atoms with Crippen LogP contribution in [-0.2, 0) is 31.9 Å². The first-order valence-electron chi connectivity index (χ1n) is 10.4. The lowest BCUT2D eigenvalue weighted by Gasteiger charge is -2.07. The van der Waals surface area contributed by atoms with Crippen LogP contribution in [0.1, 0.15) is 21.7 Å². The molecule has 2 aromatic carbocycles. The van der Waals surface area contributed by atoms with Crippen LogP contribution in [-0.4, -0.2) is 43.9 Å². The summed E-state index contributed by atoms with van der Waals surface area (Å²) in [5.74, 6) is 1.56. The van der Waals surface area contributed by atoms with Gasteiger partial charge in [-0.15, -0.1) is 10.2 Å². The van der Waals surface area contributed by atoms with Gasteiger partial charge in [0.15, 0.2) is 16.8 Å². The number of rotatable bonds is 9. The zero-order valence-corrected chi connectivity index (χ0v) is 19.6. The summed E-state index contributed by atoms with van der Waals surface area (Å²) >= 11 is 1.33. The third-order valence-corrected chi connectivity index (χ3v) is 6.44. The number of nitrogens with one attached hydrogen (secondary N) is 1. The topological polar surface area (TPSA) is 91.0 Å². The van der Waals surface area contributed by atoms with Gasteiger partial charge in [0, 0.05) is 36.8 Å². The summed E-state index contributed by atoms with van der Waals surface area (Å²) in [7, 11) is 5.37. The van der Waals surface area contributed by atoms with Gasteiger partial charge in [-0.25, -0.2) is 0 Å². The van der Waals surface area contributed by atoms with Crippen LogP contribution in [0.4, 0.5) is 0 Å². The number of Topliss-reactive ketones (excluding diaryl/α,β-unsaturated/α-hetero) is 1. The molecule has 8 nitrogen and oxygen atoms in total. The molecule has 33 heavy (non-hydrogen) atoms. The average Bonchev–Trinajstić information content (AvgIpc) is 3.36. The van der Waals surface area contributed by atoms with Crippen molar-refractivity contribution in [3.63, 3.8) is 0 Å². The van der Waals surface area contributed by atoms with Crippen molar-refractivity contribution in [1.29, 1.82) is 0 Å². The number of amides is 1. The molecule has 0 radical (unpaired) electrons. The van der Waals surface area contributed by atoms with Crippen molar-refractivity contribution in [1.82, 2.24) is 24.6 Å². The van der Waals surface area contributed by atoms with E-state index in [-0.39, 0.29) is 30.4 Å². The number of nitrogens with zero attached hydrogens (tertiary/aromatic N) is 4. The van der Waals surface area contributed by atoms with E-state index in [0.717, 1.165) is 22.2 Å². The second-order valence-electron chi connectivity index (χ2n) is 7.64. The molecule has 4 aromatic rings. The quantitative estimate of drug-likeness (QED) is 0.303. The molecule has 0 aliphatic rings. The van der Waals surface area contributed by atoms with E-state index in [1.165, 1.54) is 11.8 Å². The van der Waals surface area contributed by atoms with Crippen molar-refractivity contribution >= 4 is 34.4 Å². The fourth-order valence-electron chi connectivity index (χ4n) is 3.57. The second kappa shape index (κ2) is 9.91. The molecule has 0 aliphatic carbocycles. The first-order chi connectivity index (χ1) is 16.0. The summed E-state index contributed by atoms with van der Waals surface area (Å²) in [6.07, 6.45) is 2.14. The normalized spacial score (nSPS) is 11.0. The molecular formula is C24H25N5O3S. The van der Waals surface area contributed by atoms with Gasteiger partial charge in [-0.1, -0.05) is 42.1 Å². The number of thioether (sulfide) groups is 1. The van der Waals surface area contributed by atoms with Crippen molar-refractivity contribution in [2.45, 2.75) is 18.1 Å². The molecule has 9 heteroatoms. The van der Waals surface area contributed by atoms with E-state index in [1.54, 1.807) is 11.7 Å². The van der Waals surface area contributed by atoms with E-state index in [1.807, 2.05) is 73.4 Å². The van der Waals surface area contributed by atoms with E-state index >= 15 is 0 Å². The summed E-state index contributed by atoms with van der Waals surface area (Å²) in [6.45, 7) is 0.260. The van der Waals surface area contributed by atoms with Crippen LogP contribution in [0.15, 0.2) is 59.9 Å². The number of aromatic nitrogens is 4. The molecule has 0 fully saturated rings. The number of methoxy groups -OCH3 is 1. The fourth-order valence-corrected chi connectivity index (χ4v) is 4.38. The van der Waals surface area contributed by atoms with E-state index in [9.17, 15) is 9.59 Å². The molecule has 1 amide bonds. The van der Waals surface area contributed by atoms with E-state index in [0.29, 0.717) is 16.5 Å². The lowest BCUT2D eigenvalue weighted by Crippen LogP contribution is -2.26. The molecule has 0 saturated heterocycles. The molecule has 1 N–H and O–H groups in total. The minimum absolute atomic E-state index is 0.0362. The summed E-state index contributed by atoms with van der Waals surface area (Å²) in [5, 5.41) is 12.8. The Morgan fingerprint density at radius 1 is 1.06 bits per heavy atom. The number of carbonyl (C=O) groups excluding carboxylic acids is 2. The Bertz CT molecular complexity index is 1290. The minimum Gasteiger partial charge on any atom is -0.497 e. The van der Waals surface area contributed by atoms with Gasteiger partial charge in [-0.3, -0.25) is 9.59 Å². The molecule has 2 aromatic heterocycles. The SMILES string of the molecule is COc1ccc(CC(=O)NCc2nnc(SCC(=O)c3cn(C)c4ccccc34)n2C)cc1. The molecule has 2 heterocycles. The predicted molar refractivity (Wildman–Crippen MR) is 128 cm³/mol. The monoisotopic (exact) mass is 463 g/mol. The maximum atomic E-state index is 12.8. The Balaban J connectivity index is 1.32. The number of ketones is 1. The highest BCUT2D eigenvalue weighted by Crippen LogP contribution is 2.24. The number of carbonyl (C=O) groups is 2. The standard InChI is InChI=1S/C24H25N5O3S/c1-28-14-19(18-6-4-5-7-20(18)28)21(30)15-33-24-27-26-22(29(24)2)13-25-23(31)12-16-8-10-17(32-3)11-9-16/h4-11,14H,12-13,15H2,1-3H3,(H,25,31). The third-order valence-electron chi connectivity index (χ3n) is 5.42. The van der Waals surface area contributed by atoms with Crippen LogP contribution in [0.2, 0.25) is 0 Å². The van der Waals surface area contributed by atoms with Crippen LogP contribution < -0.4 is 10.1 Å². The molecule has 0 aliphatic heterocycles. The first kappa shape index (κ1) is 22.6. The number of ether oxygens (including phenoxy) is 1. The maximum absolute atomic E-state index is 12.8. The largest absolute Gasteiger partial charge is 0.497 e. The van der Waals surface area contributed by atoms with Gasteiger partial charge in [0.1, 0.15) is 5.75 Å². The zero-order valence-electron chi connectivity index (χ0n) is 18.7. The number of para-hydroxylation sites is 1. The average molecular weight is 464 g/mol. The first-order valence-corrected chi connectivity index (χ1v) is 11.4. The number of hydrogen-bond acceptors (Lipinski definition) is 6. The van der Waals surface area contributed by atoms with Gasteiger partial charge in [0.25, 0.3) is 0 Å². The van der Waals surface area contributed by atoms with Crippen LogP contribution in [0.3, 0.4) is 0 Å².